The Hall–Kier alpha value is -2.32. The second-order valence-electron chi connectivity index (χ2n) is 4.44. The fraction of sp³-hybridized carbons (Fsp3) is 0.125. The summed E-state index contributed by atoms with van der Waals surface area (Å²) in [6, 6.07) is 14.3. The van der Waals surface area contributed by atoms with Crippen LogP contribution in [0.4, 0.5) is 5.69 Å². The number of nitriles is 1. The van der Waals surface area contributed by atoms with Crippen molar-refractivity contribution in [3.8, 4) is 11.8 Å². The number of nitrogens with zero attached hydrogens (tertiary/aromatic N) is 1. The maximum Gasteiger partial charge on any atom is 0.262 e. The fourth-order valence-corrected chi connectivity index (χ4v) is 2.04. The van der Waals surface area contributed by atoms with Gasteiger partial charge in [-0.3, -0.25) is 4.79 Å². The van der Waals surface area contributed by atoms with Gasteiger partial charge in [-0.1, -0.05) is 22.0 Å². The first-order chi connectivity index (χ1) is 10.1. The number of amides is 1. The van der Waals surface area contributed by atoms with Crippen molar-refractivity contribution in [2.75, 3.05) is 11.9 Å². The molecule has 5 heteroatoms. The number of hydrogen-bond acceptors (Lipinski definition) is 3. The molecule has 0 aliphatic carbocycles. The van der Waals surface area contributed by atoms with Crippen molar-refractivity contribution in [3.05, 3.63) is 58.1 Å². The zero-order chi connectivity index (χ0) is 15.2. The minimum atomic E-state index is -0.251. The molecule has 1 amide bonds. The molecule has 0 aliphatic rings. The van der Waals surface area contributed by atoms with Crippen molar-refractivity contribution >= 4 is 27.5 Å². The number of carbonyl (C=O) groups excluding carboxylic acids is 1. The molecule has 4 nitrogen and oxygen atoms in total. The van der Waals surface area contributed by atoms with Crippen LogP contribution in [0, 0.1) is 18.3 Å². The van der Waals surface area contributed by atoms with E-state index in [1.54, 1.807) is 24.3 Å². The Morgan fingerprint density at radius 2 is 2.00 bits per heavy atom. The van der Waals surface area contributed by atoms with Gasteiger partial charge in [-0.2, -0.15) is 5.26 Å². The summed E-state index contributed by atoms with van der Waals surface area (Å²) in [6.45, 7) is 1.84. The lowest BCUT2D eigenvalue weighted by molar-refractivity contribution is -0.118. The van der Waals surface area contributed by atoms with Gasteiger partial charge in [0.1, 0.15) is 5.75 Å². The van der Waals surface area contributed by atoms with E-state index in [9.17, 15) is 4.79 Å². The highest BCUT2D eigenvalue weighted by atomic mass is 79.9. The van der Waals surface area contributed by atoms with E-state index in [4.69, 9.17) is 10.00 Å². The van der Waals surface area contributed by atoms with Crippen molar-refractivity contribution in [2.24, 2.45) is 0 Å². The van der Waals surface area contributed by atoms with Crippen molar-refractivity contribution in [1.29, 1.82) is 5.26 Å². The molecule has 0 aromatic heterocycles. The zero-order valence-electron chi connectivity index (χ0n) is 11.4. The third-order valence-corrected chi connectivity index (χ3v) is 3.30. The molecule has 0 saturated heterocycles. The third-order valence-electron chi connectivity index (χ3n) is 2.81. The SMILES string of the molecule is Cc1ccc(Br)cc1OCC(=O)Nc1ccc(C#N)cc1. The molecule has 2 aromatic rings. The van der Waals surface area contributed by atoms with E-state index in [2.05, 4.69) is 21.2 Å². The maximum atomic E-state index is 11.8. The molecule has 0 fully saturated rings. The number of aryl methyl sites for hydroxylation is 1. The largest absolute Gasteiger partial charge is 0.483 e. The van der Waals surface area contributed by atoms with Gasteiger partial charge in [-0.15, -0.1) is 0 Å². The van der Waals surface area contributed by atoms with Gasteiger partial charge in [0.05, 0.1) is 11.6 Å². The van der Waals surface area contributed by atoms with E-state index in [-0.39, 0.29) is 12.5 Å². The second kappa shape index (κ2) is 6.91. The lowest BCUT2D eigenvalue weighted by Gasteiger charge is -2.10. The summed E-state index contributed by atoms with van der Waals surface area (Å²) in [6.07, 6.45) is 0. The molecule has 21 heavy (non-hydrogen) atoms. The third kappa shape index (κ3) is 4.33. The first-order valence-electron chi connectivity index (χ1n) is 6.27. The predicted octanol–water partition coefficient (Wildman–Crippen LogP) is 3.65. The topological polar surface area (TPSA) is 62.1 Å². The van der Waals surface area contributed by atoms with Crippen LogP contribution in [0.2, 0.25) is 0 Å². The Bertz CT molecular complexity index is 690. The molecule has 0 unspecified atom stereocenters. The minimum Gasteiger partial charge on any atom is -0.483 e. The summed E-state index contributed by atoms with van der Waals surface area (Å²) in [4.78, 5) is 11.8. The Morgan fingerprint density at radius 1 is 1.29 bits per heavy atom. The summed E-state index contributed by atoms with van der Waals surface area (Å²) >= 11 is 3.36. The number of hydrogen-bond donors (Lipinski definition) is 1. The van der Waals surface area contributed by atoms with Crippen LogP contribution in [-0.2, 0) is 4.79 Å². The molecular formula is C16H13BrN2O2. The van der Waals surface area contributed by atoms with Gasteiger partial charge in [0.15, 0.2) is 6.61 Å². The highest BCUT2D eigenvalue weighted by Gasteiger charge is 2.06. The number of carbonyl (C=O) groups is 1. The van der Waals surface area contributed by atoms with E-state index in [1.165, 1.54) is 0 Å². The molecular weight excluding hydrogens is 332 g/mol. The maximum absolute atomic E-state index is 11.8. The highest BCUT2D eigenvalue weighted by molar-refractivity contribution is 9.10. The smallest absolute Gasteiger partial charge is 0.262 e. The molecule has 1 N–H and O–H groups in total. The van der Waals surface area contributed by atoms with E-state index in [0.717, 1.165) is 10.0 Å². The quantitative estimate of drug-likeness (QED) is 0.920. The summed E-state index contributed by atoms with van der Waals surface area (Å²) in [5.74, 6) is 0.415. The van der Waals surface area contributed by atoms with Gasteiger partial charge in [0, 0.05) is 10.2 Å². The van der Waals surface area contributed by atoms with E-state index in [1.807, 2.05) is 31.2 Å². The Morgan fingerprint density at radius 3 is 2.67 bits per heavy atom. The summed E-state index contributed by atoms with van der Waals surface area (Å²) < 4.78 is 6.40. The minimum absolute atomic E-state index is 0.0721. The number of halogens is 1. The van der Waals surface area contributed by atoms with Gasteiger partial charge in [0.25, 0.3) is 5.91 Å². The Kier molecular flexibility index (Phi) is 4.96. The molecule has 0 atom stereocenters. The molecule has 2 rings (SSSR count). The zero-order valence-corrected chi connectivity index (χ0v) is 13.0. The Balaban J connectivity index is 1.92. The lowest BCUT2D eigenvalue weighted by atomic mass is 10.2. The van der Waals surface area contributed by atoms with Crippen LogP contribution in [0.3, 0.4) is 0 Å². The number of nitrogens with one attached hydrogen (secondary N) is 1. The van der Waals surface area contributed by atoms with Crippen molar-refractivity contribution < 1.29 is 9.53 Å². The molecule has 0 radical (unpaired) electrons. The molecule has 106 valence electrons. The first kappa shape index (κ1) is 15.1. The normalized spacial score (nSPS) is 9.76. The number of benzene rings is 2. The average molecular weight is 345 g/mol. The Labute approximate surface area is 131 Å². The molecule has 0 bridgehead atoms. The molecule has 0 aliphatic heterocycles. The van der Waals surface area contributed by atoms with Crippen molar-refractivity contribution in [1.82, 2.24) is 0 Å². The van der Waals surface area contributed by atoms with Crippen LogP contribution < -0.4 is 10.1 Å². The van der Waals surface area contributed by atoms with Crippen molar-refractivity contribution in [3.63, 3.8) is 0 Å². The van der Waals surface area contributed by atoms with Crippen LogP contribution in [0.1, 0.15) is 11.1 Å². The van der Waals surface area contributed by atoms with Gasteiger partial charge in [-0.25, -0.2) is 0 Å². The number of rotatable bonds is 4. The van der Waals surface area contributed by atoms with Crippen LogP contribution in [0.15, 0.2) is 46.9 Å². The van der Waals surface area contributed by atoms with Crippen LogP contribution in [0.25, 0.3) is 0 Å². The van der Waals surface area contributed by atoms with Crippen LogP contribution in [0.5, 0.6) is 5.75 Å². The molecule has 0 spiro atoms. The van der Waals surface area contributed by atoms with Gasteiger partial charge >= 0.3 is 0 Å². The summed E-state index contributed by atoms with van der Waals surface area (Å²) in [5, 5.41) is 11.4. The molecule has 0 saturated carbocycles. The van der Waals surface area contributed by atoms with Crippen LogP contribution >= 0.6 is 15.9 Å². The second-order valence-corrected chi connectivity index (χ2v) is 5.35. The standard InChI is InChI=1S/C16H13BrN2O2/c1-11-2-5-13(17)8-15(11)21-10-16(20)19-14-6-3-12(9-18)4-7-14/h2-8H,10H2,1H3,(H,19,20). The monoisotopic (exact) mass is 344 g/mol. The first-order valence-corrected chi connectivity index (χ1v) is 7.07. The number of ether oxygens (including phenoxy) is 1. The van der Waals surface area contributed by atoms with Gasteiger partial charge in [-0.05, 0) is 48.9 Å². The number of anilines is 1. The fourth-order valence-electron chi connectivity index (χ4n) is 1.70. The summed E-state index contributed by atoms with van der Waals surface area (Å²) in [7, 11) is 0. The summed E-state index contributed by atoms with van der Waals surface area (Å²) in [5.41, 5.74) is 2.15. The van der Waals surface area contributed by atoms with Crippen LogP contribution in [-0.4, -0.2) is 12.5 Å². The average Bonchev–Trinajstić information content (AvgIpc) is 2.49. The van der Waals surface area contributed by atoms with Crippen molar-refractivity contribution in [2.45, 2.75) is 6.92 Å². The van der Waals surface area contributed by atoms with E-state index < -0.39 is 0 Å². The van der Waals surface area contributed by atoms with E-state index in [0.29, 0.717) is 17.0 Å². The molecule has 2 aromatic carbocycles. The van der Waals surface area contributed by atoms with Gasteiger partial charge < -0.3 is 10.1 Å². The van der Waals surface area contributed by atoms with Gasteiger partial charge in [0.2, 0.25) is 0 Å². The van der Waals surface area contributed by atoms with E-state index >= 15 is 0 Å². The molecule has 0 heterocycles. The predicted molar refractivity (Wildman–Crippen MR) is 84.2 cm³/mol. The lowest BCUT2D eigenvalue weighted by Crippen LogP contribution is -2.20. The highest BCUT2D eigenvalue weighted by Crippen LogP contribution is 2.22.